The molecule has 1 atom stereocenters. The molecule has 1 unspecified atom stereocenters. The summed E-state index contributed by atoms with van der Waals surface area (Å²) in [6.07, 6.45) is 7.84. The van der Waals surface area contributed by atoms with Gasteiger partial charge in [-0.15, -0.1) is 0 Å². The van der Waals surface area contributed by atoms with E-state index < -0.39 is 5.60 Å². The van der Waals surface area contributed by atoms with Gasteiger partial charge in [-0.3, -0.25) is 0 Å². The van der Waals surface area contributed by atoms with E-state index in [9.17, 15) is 5.11 Å². The molecule has 3 N–H and O–H groups in total. The number of hydrogen-bond donors (Lipinski definition) is 3. The van der Waals surface area contributed by atoms with E-state index in [1.165, 1.54) is 12.8 Å². The third-order valence-corrected chi connectivity index (χ3v) is 4.22. The minimum absolute atomic E-state index is 0.351. The molecule has 15 heavy (non-hydrogen) atoms. The average Bonchev–Trinajstić information content (AvgIpc) is 2.31. The normalized spacial score (nSPS) is 42.8. The minimum Gasteiger partial charge on any atom is -0.388 e. The zero-order valence-corrected chi connectivity index (χ0v) is 9.76. The van der Waals surface area contributed by atoms with E-state index >= 15 is 0 Å². The second-order valence-corrected chi connectivity index (χ2v) is 5.17. The molecule has 1 saturated heterocycles. The predicted molar refractivity (Wildman–Crippen MR) is 61.9 cm³/mol. The first kappa shape index (κ1) is 11.4. The minimum atomic E-state index is -0.423. The van der Waals surface area contributed by atoms with Gasteiger partial charge < -0.3 is 15.7 Å². The Morgan fingerprint density at radius 1 is 1.20 bits per heavy atom. The molecule has 0 aromatic rings. The number of aliphatic hydroxyl groups is 1. The van der Waals surface area contributed by atoms with Gasteiger partial charge >= 0.3 is 0 Å². The molecule has 88 valence electrons. The highest BCUT2D eigenvalue weighted by Crippen LogP contribution is 2.33. The molecule has 1 aliphatic heterocycles. The smallest absolute Gasteiger partial charge is 0.0801 e. The first-order chi connectivity index (χ1) is 7.24. The van der Waals surface area contributed by atoms with Crippen molar-refractivity contribution < 1.29 is 5.11 Å². The summed E-state index contributed by atoms with van der Waals surface area (Å²) in [5.74, 6) is 0. The van der Waals surface area contributed by atoms with Crippen molar-refractivity contribution in [2.45, 2.75) is 62.6 Å². The molecule has 0 amide bonds. The van der Waals surface area contributed by atoms with Gasteiger partial charge in [0.05, 0.1) is 5.60 Å². The first-order valence-electron chi connectivity index (χ1n) is 6.38. The number of rotatable bonds is 2. The molecule has 2 fully saturated rings. The molecule has 2 rings (SSSR count). The Morgan fingerprint density at radius 2 is 1.93 bits per heavy atom. The van der Waals surface area contributed by atoms with Crippen LogP contribution in [0, 0.1) is 0 Å². The molecule has 1 heterocycles. The van der Waals surface area contributed by atoms with Crippen LogP contribution in [0.4, 0.5) is 0 Å². The lowest BCUT2D eigenvalue weighted by Gasteiger charge is -2.43. The van der Waals surface area contributed by atoms with Crippen LogP contribution in [0.3, 0.4) is 0 Å². The van der Waals surface area contributed by atoms with Crippen molar-refractivity contribution in [3.8, 4) is 0 Å². The summed E-state index contributed by atoms with van der Waals surface area (Å²) in [7, 11) is 2.02. The van der Waals surface area contributed by atoms with E-state index in [0.717, 1.165) is 38.6 Å². The first-order valence-corrected chi connectivity index (χ1v) is 6.38. The Bertz CT molecular complexity index is 194. The molecule has 1 aliphatic carbocycles. The lowest BCUT2D eigenvalue weighted by atomic mass is 9.75. The van der Waals surface area contributed by atoms with Crippen LogP contribution in [0.25, 0.3) is 0 Å². The molecule has 0 bridgehead atoms. The van der Waals surface area contributed by atoms with Gasteiger partial charge in [-0.1, -0.05) is 6.42 Å². The molecule has 2 aliphatic rings. The third kappa shape index (κ3) is 2.52. The van der Waals surface area contributed by atoms with Crippen LogP contribution >= 0.6 is 0 Å². The van der Waals surface area contributed by atoms with Gasteiger partial charge in [0.2, 0.25) is 0 Å². The summed E-state index contributed by atoms with van der Waals surface area (Å²) in [6.45, 7) is 1.09. The van der Waals surface area contributed by atoms with E-state index in [4.69, 9.17) is 0 Å². The standard InChI is InChI=1S/C12H24N2O/c1-13-10-5-7-12(15,8-6-10)11-4-2-3-9-14-11/h10-11,13-15H,2-9H2,1H3. The van der Waals surface area contributed by atoms with E-state index in [1.807, 2.05) is 7.05 Å². The molecule has 3 nitrogen and oxygen atoms in total. The molecular weight excluding hydrogens is 188 g/mol. The highest BCUT2D eigenvalue weighted by Gasteiger charge is 2.40. The lowest BCUT2D eigenvalue weighted by Crippen LogP contribution is -2.55. The van der Waals surface area contributed by atoms with Crippen LogP contribution in [0.15, 0.2) is 0 Å². The van der Waals surface area contributed by atoms with Crippen molar-refractivity contribution in [3.05, 3.63) is 0 Å². The van der Waals surface area contributed by atoms with Crippen LogP contribution in [0.2, 0.25) is 0 Å². The number of piperidine rings is 1. The van der Waals surface area contributed by atoms with E-state index in [2.05, 4.69) is 10.6 Å². The molecule has 0 aromatic carbocycles. The average molecular weight is 212 g/mol. The van der Waals surface area contributed by atoms with Crippen molar-refractivity contribution in [1.82, 2.24) is 10.6 Å². The van der Waals surface area contributed by atoms with Crippen molar-refractivity contribution in [3.63, 3.8) is 0 Å². The zero-order valence-electron chi connectivity index (χ0n) is 9.76. The topological polar surface area (TPSA) is 44.3 Å². The van der Waals surface area contributed by atoms with Gasteiger partial charge in [-0.25, -0.2) is 0 Å². The van der Waals surface area contributed by atoms with Crippen LogP contribution < -0.4 is 10.6 Å². The second-order valence-electron chi connectivity index (χ2n) is 5.17. The molecule has 1 saturated carbocycles. The van der Waals surface area contributed by atoms with E-state index in [0.29, 0.717) is 12.1 Å². The Hall–Kier alpha value is -0.120. The van der Waals surface area contributed by atoms with Gasteiger partial charge in [0.15, 0.2) is 0 Å². The number of nitrogens with one attached hydrogen (secondary N) is 2. The Labute approximate surface area is 92.6 Å². The van der Waals surface area contributed by atoms with Crippen molar-refractivity contribution >= 4 is 0 Å². The maximum absolute atomic E-state index is 10.6. The molecule has 0 radical (unpaired) electrons. The summed E-state index contributed by atoms with van der Waals surface area (Å²) < 4.78 is 0. The maximum Gasteiger partial charge on any atom is 0.0801 e. The van der Waals surface area contributed by atoms with Crippen molar-refractivity contribution in [1.29, 1.82) is 0 Å². The SMILES string of the molecule is CNC1CCC(O)(C2CCCCN2)CC1. The van der Waals surface area contributed by atoms with Gasteiger partial charge in [0.1, 0.15) is 0 Å². The fraction of sp³-hybridized carbons (Fsp3) is 1.00. The zero-order chi connectivity index (χ0) is 10.7. The maximum atomic E-state index is 10.6. The van der Waals surface area contributed by atoms with Crippen molar-refractivity contribution in [2.75, 3.05) is 13.6 Å². The van der Waals surface area contributed by atoms with Crippen LogP contribution in [-0.4, -0.2) is 36.4 Å². The Balaban J connectivity index is 1.89. The highest BCUT2D eigenvalue weighted by molar-refractivity contribution is 4.97. The van der Waals surface area contributed by atoms with Crippen LogP contribution in [0.5, 0.6) is 0 Å². The summed E-state index contributed by atoms with van der Waals surface area (Å²) >= 11 is 0. The fourth-order valence-corrected chi connectivity index (χ4v) is 3.07. The van der Waals surface area contributed by atoms with Gasteiger partial charge in [0, 0.05) is 12.1 Å². The van der Waals surface area contributed by atoms with Gasteiger partial charge in [0.25, 0.3) is 0 Å². The van der Waals surface area contributed by atoms with E-state index in [1.54, 1.807) is 0 Å². The summed E-state index contributed by atoms with van der Waals surface area (Å²) in [4.78, 5) is 0. The molecule has 3 heteroatoms. The molecular formula is C12H24N2O. The van der Waals surface area contributed by atoms with Gasteiger partial charge in [-0.2, -0.15) is 0 Å². The quantitative estimate of drug-likeness (QED) is 0.640. The van der Waals surface area contributed by atoms with Gasteiger partial charge in [-0.05, 0) is 52.1 Å². The monoisotopic (exact) mass is 212 g/mol. The highest BCUT2D eigenvalue weighted by atomic mass is 16.3. The Kier molecular flexibility index (Phi) is 3.65. The van der Waals surface area contributed by atoms with Crippen molar-refractivity contribution in [2.24, 2.45) is 0 Å². The second kappa shape index (κ2) is 4.81. The molecule has 0 spiro atoms. The lowest BCUT2D eigenvalue weighted by molar-refractivity contribution is -0.0426. The third-order valence-electron chi connectivity index (χ3n) is 4.22. The Morgan fingerprint density at radius 3 is 2.47 bits per heavy atom. The summed E-state index contributed by atoms with van der Waals surface area (Å²) in [5.41, 5.74) is -0.423. The van der Waals surface area contributed by atoms with Crippen LogP contribution in [0.1, 0.15) is 44.9 Å². The summed E-state index contributed by atoms with van der Waals surface area (Å²) in [5, 5.41) is 17.4. The fourth-order valence-electron chi connectivity index (χ4n) is 3.07. The van der Waals surface area contributed by atoms with Crippen LogP contribution in [-0.2, 0) is 0 Å². The van der Waals surface area contributed by atoms with E-state index in [-0.39, 0.29) is 0 Å². The largest absolute Gasteiger partial charge is 0.388 e. The molecule has 0 aromatic heterocycles. The number of hydrogen-bond acceptors (Lipinski definition) is 3. The summed E-state index contributed by atoms with van der Waals surface area (Å²) in [6, 6.07) is 0.970. The predicted octanol–water partition coefficient (Wildman–Crippen LogP) is 1.02.